The van der Waals surface area contributed by atoms with Crippen LogP contribution in [0.1, 0.15) is 22.3 Å². The van der Waals surface area contributed by atoms with E-state index < -0.39 is 0 Å². The zero-order valence-corrected chi connectivity index (χ0v) is 20.2. The third-order valence-corrected chi connectivity index (χ3v) is 6.81. The van der Waals surface area contributed by atoms with Gasteiger partial charge in [-0.3, -0.25) is 0 Å². The Kier molecular flexibility index (Phi) is 6.10. The summed E-state index contributed by atoms with van der Waals surface area (Å²) in [6.45, 7) is 0. The molecule has 4 aromatic carbocycles. The third kappa shape index (κ3) is 4.26. The van der Waals surface area contributed by atoms with Crippen LogP contribution in [0.15, 0.2) is 60.7 Å². The summed E-state index contributed by atoms with van der Waals surface area (Å²) >= 11 is 0. The lowest BCUT2D eigenvalue weighted by atomic mass is 9.82. The van der Waals surface area contributed by atoms with Crippen LogP contribution in [0.4, 0.5) is 0 Å². The van der Waals surface area contributed by atoms with Crippen LogP contribution in [0.25, 0.3) is 22.3 Å². The predicted octanol–water partition coefficient (Wildman–Crippen LogP) is 5.74. The average Bonchev–Trinajstić information content (AvgIpc) is 2.86. The number of phenolic OH excluding ortho intramolecular Hbond substituents is 4. The summed E-state index contributed by atoms with van der Waals surface area (Å²) in [5.74, 6) is 1.53. The van der Waals surface area contributed by atoms with Crippen molar-refractivity contribution in [1.29, 1.82) is 0 Å². The molecule has 0 amide bonds. The van der Waals surface area contributed by atoms with E-state index in [0.717, 1.165) is 46.2 Å². The number of benzene rings is 4. The maximum Gasteiger partial charge on any atom is 0.130 e. The van der Waals surface area contributed by atoms with Crippen LogP contribution in [-0.2, 0) is 25.7 Å². The normalized spacial score (nSPS) is 12.1. The molecule has 0 radical (unpaired) electrons. The highest BCUT2D eigenvalue weighted by molar-refractivity contribution is 5.88. The van der Waals surface area contributed by atoms with Crippen molar-refractivity contribution in [2.24, 2.45) is 0 Å². The van der Waals surface area contributed by atoms with Crippen LogP contribution < -0.4 is 9.47 Å². The Morgan fingerprint density at radius 2 is 1.47 bits per heavy atom. The molecule has 0 unspecified atom stereocenters. The Morgan fingerprint density at radius 1 is 0.667 bits per heavy atom. The number of hydrogen-bond acceptors (Lipinski definition) is 6. The average molecular weight is 485 g/mol. The molecule has 0 bridgehead atoms. The highest BCUT2D eigenvalue weighted by Gasteiger charge is 2.25. The number of aryl methyl sites for hydroxylation is 4. The van der Waals surface area contributed by atoms with Crippen molar-refractivity contribution in [2.75, 3.05) is 14.2 Å². The number of rotatable bonds is 6. The predicted molar refractivity (Wildman–Crippen MR) is 138 cm³/mol. The van der Waals surface area contributed by atoms with Gasteiger partial charge in [0, 0.05) is 28.8 Å². The molecule has 5 rings (SSSR count). The molecule has 0 atom stereocenters. The summed E-state index contributed by atoms with van der Waals surface area (Å²) in [6.07, 6.45) is 2.60. The van der Waals surface area contributed by atoms with E-state index in [2.05, 4.69) is 0 Å². The van der Waals surface area contributed by atoms with E-state index in [1.165, 1.54) is 13.2 Å². The molecule has 4 aromatic rings. The fourth-order valence-electron chi connectivity index (χ4n) is 5.14. The van der Waals surface area contributed by atoms with Crippen molar-refractivity contribution in [1.82, 2.24) is 0 Å². The maximum atomic E-state index is 11.1. The summed E-state index contributed by atoms with van der Waals surface area (Å²) in [5, 5.41) is 42.2. The smallest absolute Gasteiger partial charge is 0.130 e. The maximum absolute atomic E-state index is 11.1. The van der Waals surface area contributed by atoms with Gasteiger partial charge < -0.3 is 29.9 Å². The topological polar surface area (TPSA) is 99.4 Å². The lowest BCUT2D eigenvalue weighted by molar-refractivity contribution is 0.407. The second-order valence-electron chi connectivity index (χ2n) is 9.06. The van der Waals surface area contributed by atoms with E-state index in [-0.39, 0.29) is 23.0 Å². The Balaban J connectivity index is 1.65. The SMILES string of the molecule is COc1cc(O)c2c(c1)CCc1cc(O)c(-c3c(CCc4cccc(O)c4)cc(O)cc3OC)cc1-2. The van der Waals surface area contributed by atoms with Crippen LogP contribution in [0.2, 0.25) is 0 Å². The molecule has 0 saturated carbocycles. The molecule has 6 heteroatoms. The third-order valence-electron chi connectivity index (χ3n) is 6.81. The Hall–Kier alpha value is -4.32. The van der Waals surface area contributed by atoms with Crippen LogP contribution in [-0.4, -0.2) is 34.6 Å². The minimum absolute atomic E-state index is 0.0639. The molecule has 4 N–H and O–H groups in total. The van der Waals surface area contributed by atoms with Crippen molar-refractivity contribution in [3.8, 4) is 56.8 Å². The Morgan fingerprint density at radius 3 is 2.22 bits per heavy atom. The van der Waals surface area contributed by atoms with Crippen LogP contribution in [0, 0.1) is 0 Å². The van der Waals surface area contributed by atoms with Crippen LogP contribution >= 0.6 is 0 Å². The first-order valence-electron chi connectivity index (χ1n) is 11.8. The molecule has 0 saturated heterocycles. The molecule has 1 aliphatic rings. The first-order chi connectivity index (χ1) is 17.4. The zero-order chi connectivity index (χ0) is 25.4. The molecule has 0 aromatic heterocycles. The summed E-state index contributed by atoms with van der Waals surface area (Å²) in [5.41, 5.74) is 6.48. The summed E-state index contributed by atoms with van der Waals surface area (Å²) in [6, 6.07) is 17.5. The van der Waals surface area contributed by atoms with Crippen molar-refractivity contribution in [3.05, 3.63) is 82.9 Å². The Labute approximate surface area is 209 Å². The van der Waals surface area contributed by atoms with E-state index in [4.69, 9.17) is 9.47 Å². The lowest BCUT2D eigenvalue weighted by Crippen LogP contribution is -2.06. The second-order valence-corrected chi connectivity index (χ2v) is 9.06. The Bertz CT molecular complexity index is 1460. The van der Waals surface area contributed by atoms with E-state index in [0.29, 0.717) is 35.5 Å². The molecule has 0 heterocycles. The van der Waals surface area contributed by atoms with Crippen LogP contribution in [0.3, 0.4) is 0 Å². The van der Waals surface area contributed by atoms with E-state index in [9.17, 15) is 20.4 Å². The molecular formula is C30H28O6. The van der Waals surface area contributed by atoms with Crippen molar-refractivity contribution in [2.45, 2.75) is 25.7 Å². The molecular weight excluding hydrogens is 456 g/mol. The van der Waals surface area contributed by atoms with Gasteiger partial charge in [-0.15, -0.1) is 0 Å². The molecule has 184 valence electrons. The van der Waals surface area contributed by atoms with Gasteiger partial charge in [-0.1, -0.05) is 12.1 Å². The number of hydrogen-bond donors (Lipinski definition) is 4. The number of phenols is 4. The molecule has 1 aliphatic carbocycles. The standard InChI is InChI=1S/C30H28O6/c1-35-23-12-20-9-8-18-13-26(33)25(16-24(18)29(20)27(34)15-23)30-19(11-22(32)14-28(30)36-2)7-6-17-4-3-5-21(31)10-17/h3-5,10-16,31-34H,6-9H2,1-2H3. The minimum atomic E-state index is 0.0639. The van der Waals surface area contributed by atoms with Gasteiger partial charge in [0.15, 0.2) is 0 Å². The fourth-order valence-corrected chi connectivity index (χ4v) is 5.14. The number of methoxy groups -OCH3 is 2. The summed E-state index contributed by atoms with van der Waals surface area (Å²) < 4.78 is 11.0. The van der Waals surface area contributed by atoms with E-state index in [1.54, 1.807) is 43.5 Å². The first-order valence-corrected chi connectivity index (χ1v) is 11.8. The fraction of sp³-hybridized carbons (Fsp3) is 0.200. The van der Waals surface area contributed by atoms with Gasteiger partial charge in [0.2, 0.25) is 0 Å². The van der Waals surface area contributed by atoms with Gasteiger partial charge in [-0.25, -0.2) is 0 Å². The molecule has 0 fully saturated rings. The largest absolute Gasteiger partial charge is 0.508 e. The molecule has 0 aliphatic heterocycles. The van der Waals surface area contributed by atoms with Crippen molar-refractivity contribution < 1.29 is 29.9 Å². The van der Waals surface area contributed by atoms with Crippen molar-refractivity contribution in [3.63, 3.8) is 0 Å². The monoisotopic (exact) mass is 484 g/mol. The van der Waals surface area contributed by atoms with Gasteiger partial charge in [0.1, 0.15) is 34.5 Å². The summed E-state index contributed by atoms with van der Waals surface area (Å²) in [7, 11) is 3.10. The molecule has 0 spiro atoms. The van der Waals surface area contributed by atoms with Gasteiger partial charge in [-0.05, 0) is 89.9 Å². The quantitative estimate of drug-likeness (QED) is 0.278. The molecule has 36 heavy (non-hydrogen) atoms. The number of ether oxygens (including phenoxy) is 2. The lowest BCUT2D eigenvalue weighted by Gasteiger charge is -2.24. The van der Waals surface area contributed by atoms with E-state index >= 15 is 0 Å². The zero-order valence-electron chi connectivity index (χ0n) is 20.2. The first kappa shape index (κ1) is 23.4. The summed E-state index contributed by atoms with van der Waals surface area (Å²) in [4.78, 5) is 0. The van der Waals surface area contributed by atoms with Crippen LogP contribution in [0.5, 0.6) is 34.5 Å². The van der Waals surface area contributed by atoms with Crippen molar-refractivity contribution >= 4 is 0 Å². The van der Waals surface area contributed by atoms with Gasteiger partial charge in [-0.2, -0.15) is 0 Å². The van der Waals surface area contributed by atoms with E-state index in [1.807, 2.05) is 18.2 Å². The highest BCUT2D eigenvalue weighted by atomic mass is 16.5. The van der Waals surface area contributed by atoms with Gasteiger partial charge in [0.25, 0.3) is 0 Å². The highest BCUT2D eigenvalue weighted by Crippen LogP contribution is 2.48. The number of fused-ring (bicyclic) bond motifs is 3. The second kappa shape index (κ2) is 9.38. The van der Waals surface area contributed by atoms with Gasteiger partial charge >= 0.3 is 0 Å². The minimum Gasteiger partial charge on any atom is -0.508 e. The number of aromatic hydroxyl groups is 4. The van der Waals surface area contributed by atoms with Gasteiger partial charge in [0.05, 0.1) is 14.2 Å². The molecule has 6 nitrogen and oxygen atoms in total.